The topological polar surface area (TPSA) is 50.5 Å². The zero-order chi connectivity index (χ0) is 32.0. The molecule has 2 heterocycles. The number of nitriles is 1. The molecule has 48 heavy (non-hydrogen) atoms. The molecule has 10 rings (SSSR count). The molecule has 1 aliphatic heterocycles. The number of benzene rings is 6. The van der Waals surface area contributed by atoms with Crippen molar-refractivity contribution >= 4 is 33.3 Å². The van der Waals surface area contributed by atoms with E-state index in [1.165, 1.54) is 0 Å². The van der Waals surface area contributed by atoms with Gasteiger partial charge in [0.15, 0.2) is 5.69 Å². The molecule has 0 saturated heterocycles. The molecule has 1 atom stereocenters. The standard InChI is InChI=1S/C43H22N2O2S/c1-45-29-9-6-8-27(22-29)28-20-21-35-33(23-28)31-10-2-4-13-34(31)43(35)41-38(32-11-3-5-14-36(32)46-41)40-42(43)47-37-15-7-12-30(39(37)48-40)26-18-16-25(24-44)17-19-26/h2-23H. The Morgan fingerprint density at radius 1 is 0.688 bits per heavy atom. The van der Waals surface area contributed by atoms with Gasteiger partial charge in [-0.2, -0.15) is 5.26 Å². The lowest BCUT2D eigenvalue weighted by molar-refractivity contribution is 0.344. The van der Waals surface area contributed by atoms with E-state index in [0.29, 0.717) is 11.3 Å². The summed E-state index contributed by atoms with van der Waals surface area (Å²) >= 11 is 1.74. The Hall–Kier alpha value is -6.27. The largest absolute Gasteiger partial charge is 0.459 e. The Morgan fingerprint density at radius 2 is 1.44 bits per heavy atom. The van der Waals surface area contributed by atoms with E-state index in [2.05, 4.69) is 77.6 Å². The summed E-state index contributed by atoms with van der Waals surface area (Å²) in [6.45, 7) is 7.54. The third kappa shape index (κ3) is 3.49. The smallest absolute Gasteiger partial charge is 0.187 e. The summed E-state index contributed by atoms with van der Waals surface area (Å²) in [5.41, 5.74) is 11.0. The van der Waals surface area contributed by atoms with Crippen LogP contribution >= 0.6 is 11.8 Å². The number of nitrogens with zero attached hydrogens (tertiary/aromatic N) is 2. The van der Waals surface area contributed by atoms with Crippen molar-refractivity contribution in [2.24, 2.45) is 0 Å². The minimum atomic E-state index is -0.790. The molecule has 1 spiro atoms. The van der Waals surface area contributed by atoms with Crippen molar-refractivity contribution < 1.29 is 9.15 Å². The number of allylic oxidation sites excluding steroid dienone is 1. The fourth-order valence-corrected chi connectivity index (χ4v) is 9.02. The lowest BCUT2D eigenvalue weighted by Crippen LogP contribution is -2.30. The van der Waals surface area contributed by atoms with Crippen LogP contribution in [0.15, 0.2) is 149 Å². The highest BCUT2D eigenvalue weighted by Gasteiger charge is 2.59. The highest BCUT2D eigenvalue weighted by Crippen LogP contribution is 2.68. The lowest BCUT2D eigenvalue weighted by atomic mass is 9.76. The van der Waals surface area contributed by atoms with Crippen LogP contribution in [-0.4, -0.2) is 0 Å². The molecule has 7 aromatic rings. The highest BCUT2D eigenvalue weighted by atomic mass is 32.2. The SMILES string of the molecule is [C-]#[N+]c1cccc(-c2ccc3c(c2)-c2ccccc2C32C3=C(Sc4c(cccc4-c4ccc(C#N)cc4)O3)c3c2oc2ccccc32)c1. The van der Waals surface area contributed by atoms with Gasteiger partial charge in [0.1, 0.15) is 28.3 Å². The molecule has 4 nitrogen and oxygen atoms in total. The summed E-state index contributed by atoms with van der Waals surface area (Å²) in [6.07, 6.45) is 0. The molecule has 0 saturated carbocycles. The molecule has 0 amide bonds. The maximum absolute atomic E-state index is 9.39. The number of fused-ring (bicyclic) bond motifs is 12. The van der Waals surface area contributed by atoms with Crippen LogP contribution in [0.25, 0.3) is 54.1 Å². The Balaban J connectivity index is 1.24. The monoisotopic (exact) mass is 630 g/mol. The fraction of sp³-hybridized carbons (Fsp3) is 0.0233. The van der Waals surface area contributed by atoms with Crippen LogP contribution in [-0.2, 0) is 5.41 Å². The minimum Gasteiger partial charge on any atom is -0.459 e. The third-order valence-electron chi connectivity index (χ3n) is 9.78. The van der Waals surface area contributed by atoms with E-state index in [-0.39, 0.29) is 0 Å². The number of hydrogen-bond donors (Lipinski definition) is 0. The summed E-state index contributed by atoms with van der Waals surface area (Å²) in [4.78, 5) is 5.76. The second-order valence-corrected chi connectivity index (χ2v) is 13.2. The Bertz CT molecular complexity index is 2650. The number of hydrogen-bond acceptors (Lipinski definition) is 4. The molecule has 1 aromatic heterocycles. The number of furan rings is 1. The molecule has 0 bridgehead atoms. The fourth-order valence-electron chi connectivity index (χ4n) is 7.72. The predicted molar refractivity (Wildman–Crippen MR) is 190 cm³/mol. The molecule has 5 heteroatoms. The van der Waals surface area contributed by atoms with Crippen molar-refractivity contribution in [1.29, 1.82) is 5.26 Å². The lowest BCUT2D eigenvalue weighted by Gasteiger charge is -2.32. The van der Waals surface area contributed by atoms with E-state index in [1.54, 1.807) is 11.8 Å². The van der Waals surface area contributed by atoms with Gasteiger partial charge in [0.05, 0.1) is 28.0 Å². The van der Waals surface area contributed by atoms with E-state index < -0.39 is 5.41 Å². The van der Waals surface area contributed by atoms with Gasteiger partial charge in [0.25, 0.3) is 0 Å². The summed E-state index contributed by atoms with van der Waals surface area (Å²) in [5, 5.41) is 10.4. The quantitative estimate of drug-likeness (QED) is 0.178. The molecular weight excluding hydrogens is 609 g/mol. The summed E-state index contributed by atoms with van der Waals surface area (Å²) in [5.74, 6) is 2.54. The molecule has 3 aliphatic rings. The van der Waals surface area contributed by atoms with Gasteiger partial charge in [0, 0.05) is 10.9 Å². The molecular formula is C43H22N2O2S. The maximum Gasteiger partial charge on any atom is 0.187 e. The van der Waals surface area contributed by atoms with Gasteiger partial charge in [-0.3, -0.25) is 0 Å². The van der Waals surface area contributed by atoms with E-state index in [1.807, 2.05) is 66.7 Å². The average molecular weight is 631 g/mol. The normalized spacial score (nSPS) is 16.4. The second-order valence-electron chi connectivity index (χ2n) is 12.2. The number of thioether (sulfide) groups is 1. The molecule has 1 unspecified atom stereocenters. The predicted octanol–water partition coefficient (Wildman–Crippen LogP) is 11.4. The first-order valence-corrected chi connectivity index (χ1v) is 16.5. The number of rotatable bonds is 2. The van der Waals surface area contributed by atoms with Crippen molar-refractivity contribution in [2.45, 2.75) is 10.3 Å². The van der Waals surface area contributed by atoms with Gasteiger partial charge in [0.2, 0.25) is 0 Å². The van der Waals surface area contributed by atoms with Crippen LogP contribution in [0.4, 0.5) is 5.69 Å². The molecule has 6 aromatic carbocycles. The molecule has 0 radical (unpaired) electrons. The van der Waals surface area contributed by atoms with E-state index in [0.717, 1.165) is 88.1 Å². The number of para-hydroxylation sites is 1. The highest BCUT2D eigenvalue weighted by molar-refractivity contribution is 8.08. The number of ether oxygens (including phenoxy) is 1. The van der Waals surface area contributed by atoms with Gasteiger partial charge in [-0.25, -0.2) is 4.85 Å². The summed E-state index contributed by atoms with van der Waals surface area (Å²) < 4.78 is 14.1. The molecule has 0 N–H and O–H groups in total. The van der Waals surface area contributed by atoms with Crippen molar-refractivity contribution in [3.05, 3.63) is 179 Å². The Labute approximate surface area is 281 Å². The summed E-state index contributed by atoms with van der Waals surface area (Å²) in [7, 11) is 0. The first kappa shape index (κ1) is 26.9. The van der Waals surface area contributed by atoms with Crippen molar-refractivity contribution in [3.63, 3.8) is 0 Å². The van der Waals surface area contributed by atoms with Crippen LogP contribution in [0.1, 0.15) is 28.0 Å². The second kappa shape index (κ2) is 9.86. The van der Waals surface area contributed by atoms with Gasteiger partial charge < -0.3 is 9.15 Å². The van der Waals surface area contributed by atoms with Crippen LogP contribution in [0.5, 0.6) is 5.75 Å². The maximum atomic E-state index is 9.39. The van der Waals surface area contributed by atoms with Gasteiger partial charge in [-0.1, -0.05) is 109 Å². The first-order valence-electron chi connectivity index (χ1n) is 15.7. The third-order valence-corrected chi connectivity index (χ3v) is 11.0. The zero-order valence-corrected chi connectivity index (χ0v) is 26.1. The van der Waals surface area contributed by atoms with Crippen LogP contribution in [0, 0.1) is 17.9 Å². The first-order chi connectivity index (χ1) is 23.7. The van der Waals surface area contributed by atoms with Crippen LogP contribution in [0.2, 0.25) is 0 Å². The molecule has 0 fully saturated rings. The molecule has 2 aliphatic carbocycles. The van der Waals surface area contributed by atoms with Gasteiger partial charge in [-0.15, -0.1) is 0 Å². The van der Waals surface area contributed by atoms with Gasteiger partial charge >= 0.3 is 0 Å². The Kier molecular flexibility index (Phi) is 5.53. The Morgan fingerprint density at radius 3 is 2.31 bits per heavy atom. The van der Waals surface area contributed by atoms with Crippen LogP contribution in [0.3, 0.4) is 0 Å². The zero-order valence-electron chi connectivity index (χ0n) is 25.3. The van der Waals surface area contributed by atoms with Crippen molar-refractivity contribution in [2.75, 3.05) is 0 Å². The summed E-state index contributed by atoms with van der Waals surface area (Å²) in [6, 6.07) is 47.4. The minimum absolute atomic E-state index is 0.619. The van der Waals surface area contributed by atoms with Gasteiger partial charge in [-0.05, 0) is 80.9 Å². The van der Waals surface area contributed by atoms with E-state index in [9.17, 15) is 5.26 Å². The van der Waals surface area contributed by atoms with Crippen molar-refractivity contribution in [1.82, 2.24) is 0 Å². The molecule has 222 valence electrons. The average Bonchev–Trinajstić information content (AvgIpc) is 3.77. The van der Waals surface area contributed by atoms with Crippen molar-refractivity contribution in [3.8, 4) is 45.2 Å². The van der Waals surface area contributed by atoms with Crippen LogP contribution < -0.4 is 4.74 Å². The van der Waals surface area contributed by atoms with E-state index in [4.69, 9.17) is 15.7 Å². The van der Waals surface area contributed by atoms with E-state index >= 15 is 0 Å².